The van der Waals surface area contributed by atoms with Crippen molar-refractivity contribution in [3.05, 3.63) is 84.8 Å². The molecule has 1 aliphatic heterocycles. The van der Waals surface area contributed by atoms with Gasteiger partial charge in [-0.15, -0.1) is 0 Å². The third-order valence-electron chi connectivity index (χ3n) is 5.75. The highest BCUT2D eigenvalue weighted by Crippen LogP contribution is 2.31. The van der Waals surface area contributed by atoms with Gasteiger partial charge in [-0.3, -0.25) is 9.69 Å². The highest BCUT2D eigenvalue weighted by molar-refractivity contribution is 5.93. The smallest absolute Gasteiger partial charge is 0.238 e. The van der Waals surface area contributed by atoms with Crippen LogP contribution in [0, 0.1) is 0 Å². The van der Waals surface area contributed by atoms with Gasteiger partial charge in [0, 0.05) is 5.92 Å². The lowest BCUT2D eigenvalue weighted by Gasteiger charge is -2.30. The molecule has 4 aromatic rings. The van der Waals surface area contributed by atoms with E-state index in [1.165, 1.54) is 0 Å². The number of oxazole rings is 1. The highest BCUT2D eigenvalue weighted by atomic mass is 16.5. The maximum absolute atomic E-state index is 12.7. The maximum atomic E-state index is 12.7. The highest BCUT2D eigenvalue weighted by Gasteiger charge is 2.25. The van der Waals surface area contributed by atoms with E-state index in [2.05, 4.69) is 15.2 Å². The fourth-order valence-electron chi connectivity index (χ4n) is 4.07. The summed E-state index contributed by atoms with van der Waals surface area (Å²) < 4.78 is 11.9. The Morgan fingerprint density at radius 3 is 2.50 bits per heavy atom. The van der Waals surface area contributed by atoms with Crippen LogP contribution in [0.2, 0.25) is 0 Å². The van der Waals surface area contributed by atoms with Gasteiger partial charge in [0.25, 0.3) is 0 Å². The minimum Gasteiger partial charge on any atom is -0.455 e. The standard InChI is InChI=1S/C26H25N3O3/c30-25(27-21-10-4-6-12-23(21)31-20-8-2-1-3-9-20)18-29-16-14-19(15-17-29)26-28-22-11-5-7-13-24(22)32-26/h1-13,19H,14-18H2,(H,27,30). The van der Waals surface area contributed by atoms with Crippen LogP contribution in [0.4, 0.5) is 5.69 Å². The van der Waals surface area contributed by atoms with Crippen LogP contribution < -0.4 is 10.1 Å². The van der Waals surface area contributed by atoms with Gasteiger partial charge in [0.2, 0.25) is 5.91 Å². The quantitative estimate of drug-likeness (QED) is 0.444. The molecule has 1 N–H and O–H groups in total. The van der Waals surface area contributed by atoms with Gasteiger partial charge < -0.3 is 14.5 Å². The Morgan fingerprint density at radius 2 is 1.69 bits per heavy atom. The number of ether oxygens (including phenoxy) is 1. The number of carbonyl (C=O) groups is 1. The average molecular weight is 428 g/mol. The van der Waals surface area contributed by atoms with Gasteiger partial charge >= 0.3 is 0 Å². The van der Waals surface area contributed by atoms with Crippen molar-refractivity contribution in [3.63, 3.8) is 0 Å². The van der Waals surface area contributed by atoms with Gasteiger partial charge in [0.15, 0.2) is 17.2 Å². The van der Waals surface area contributed by atoms with E-state index in [9.17, 15) is 4.79 Å². The molecule has 1 amide bonds. The lowest BCUT2D eigenvalue weighted by Crippen LogP contribution is -2.38. The fourth-order valence-corrected chi connectivity index (χ4v) is 4.07. The number of hydrogen-bond acceptors (Lipinski definition) is 5. The van der Waals surface area contributed by atoms with Crippen LogP contribution in [0.1, 0.15) is 24.7 Å². The molecule has 1 aliphatic rings. The fraction of sp³-hybridized carbons (Fsp3) is 0.231. The zero-order valence-corrected chi connectivity index (χ0v) is 17.7. The molecule has 1 fully saturated rings. The number of para-hydroxylation sites is 5. The minimum atomic E-state index is -0.0468. The molecule has 3 aromatic carbocycles. The van der Waals surface area contributed by atoms with E-state index >= 15 is 0 Å². The molecular weight excluding hydrogens is 402 g/mol. The largest absolute Gasteiger partial charge is 0.455 e. The Hall–Kier alpha value is -3.64. The molecular formula is C26H25N3O3. The number of fused-ring (bicyclic) bond motifs is 1. The molecule has 0 spiro atoms. The summed E-state index contributed by atoms with van der Waals surface area (Å²) >= 11 is 0. The number of nitrogens with zero attached hydrogens (tertiary/aromatic N) is 2. The summed E-state index contributed by atoms with van der Waals surface area (Å²) in [7, 11) is 0. The first-order valence-corrected chi connectivity index (χ1v) is 10.9. The zero-order chi connectivity index (χ0) is 21.8. The van der Waals surface area contributed by atoms with Crippen LogP contribution in [0.3, 0.4) is 0 Å². The molecule has 6 nitrogen and oxygen atoms in total. The molecule has 0 atom stereocenters. The first-order chi connectivity index (χ1) is 15.7. The summed E-state index contributed by atoms with van der Waals surface area (Å²) in [6.45, 7) is 2.01. The predicted molar refractivity (Wildman–Crippen MR) is 124 cm³/mol. The van der Waals surface area contributed by atoms with E-state index in [4.69, 9.17) is 9.15 Å². The summed E-state index contributed by atoms with van der Waals surface area (Å²) in [5.74, 6) is 2.41. The average Bonchev–Trinajstić information content (AvgIpc) is 3.26. The van der Waals surface area contributed by atoms with Crippen LogP contribution in [0.15, 0.2) is 83.3 Å². The first-order valence-electron chi connectivity index (χ1n) is 10.9. The van der Waals surface area contributed by atoms with E-state index in [0.29, 0.717) is 23.9 Å². The monoisotopic (exact) mass is 427 g/mol. The topological polar surface area (TPSA) is 67.6 Å². The van der Waals surface area contributed by atoms with E-state index in [1.54, 1.807) is 0 Å². The van der Waals surface area contributed by atoms with Crippen LogP contribution in [-0.2, 0) is 4.79 Å². The van der Waals surface area contributed by atoms with Crippen molar-refractivity contribution < 1.29 is 13.9 Å². The van der Waals surface area contributed by atoms with Crippen molar-refractivity contribution in [2.75, 3.05) is 25.0 Å². The summed E-state index contributed by atoms with van der Waals surface area (Å²) in [5, 5.41) is 3.00. The van der Waals surface area contributed by atoms with Crippen molar-refractivity contribution in [2.24, 2.45) is 0 Å². The second-order valence-electron chi connectivity index (χ2n) is 8.03. The minimum absolute atomic E-state index is 0.0468. The second kappa shape index (κ2) is 9.24. The Kier molecular flexibility index (Phi) is 5.85. The number of piperidine rings is 1. The van der Waals surface area contributed by atoms with Crippen LogP contribution in [0.5, 0.6) is 11.5 Å². The van der Waals surface area contributed by atoms with E-state index in [-0.39, 0.29) is 5.91 Å². The molecule has 6 heteroatoms. The van der Waals surface area contributed by atoms with E-state index in [0.717, 1.165) is 48.7 Å². The van der Waals surface area contributed by atoms with Crippen molar-refractivity contribution in [1.29, 1.82) is 0 Å². The number of amides is 1. The van der Waals surface area contributed by atoms with E-state index < -0.39 is 0 Å². The number of hydrogen-bond donors (Lipinski definition) is 1. The Balaban J connectivity index is 1.16. The van der Waals surface area contributed by atoms with Gasteiger partial charge in [0.1, 0.15) is 11.3 Å². The van der Waals surface area contributed by atoms with Crippen LogP contribution >= 0.6 is 0 Å². The zero-order valence-electron chi connectivity index (χ0n) is 17.7. The van der Waals surface area contributed by atoms with Crippen LogP contribution in [0.25, 0.3) is 11.1 Å². The Bertz CT molecular complexity index is 1160. The predicted octanol–water partition coefficient (Wildman–Crippen LogP) is 5.44. The van der Waals surface area contributed by atoms with Gasteiger partial charge in [-0.05, 0) is 62.3 Å². The van der Waals surface area contributed by atoms with Gasteiger partial charge in [-0.1, -0.05) is 42.5 Å². The number of aromatic nitrogens is 1. The molecule has 0 unspecified atom stereocenters. The van der Waals surface area contributed by atoms with Gasteiger partial charge in [0.05, 0.1) is 12.2 Å². The number of likely N-dealkylation sites (tertiary alicyclic amines) is 1. The molecule has 32 heavy (non-hydrogen) atoms. The second-order valence-corrected chi connectivity index (χ2v) is 8.03. The number of rotatable bonds is 6. The molecule has 162 valence electrons. The number of benzene rings is 3. The van der Waals surface area contributed by atoms with Crippen LogP contribution in [-0.4, -0.2) is 35.4 Å². The lowest BCUT2D eigenvalue weighted by molar-refractivity contribution is -0.117. The summed E-state index contributed by atoms with van der Waals surface area (Å²) in [6.07, 6.45) is 1.85. The summed E-state index contributed by atoms with van der Waals surface area (Å²) in [6, 6.07) is 24.9. The summed E-state index contributed by atoms with van der Waals surface area (Å²) in [4.78, 5) is 19.5. The number of carbonyl (C=O) groups excluding carboxylic acids is 1. The lowest BCUT2D eigenvalue weighted by atomic mass is 9.97. The van der Waals surface area contributed by atoms with Crippen molar-refractivity contribution >= 4 is 22.7 Å². The molecule has 0 aliphatic carbocycles. The van der Waals surface area contributed by atoms with Crippen molar-refractivity contribution in [2.45, 2.75) is 18.8 Å². The molecule has 0 bridgehead atoms. The van der Waals surface area contributed by atoms with Gasteiger partial charge in [-0.25, -0.2) is 4.98 Å². The first kappa shape index (κ1) is 20.3. The molecule has 0 saturated carbocycles. The van der Waals surface area contributed by atoms with Crippen molar-refractivity contribution in [1.82, 2.24) is 9.88 Å². The molecule has 2 heterocycles. The third kappa shape index (κ3) is 4.65. The number of nitrogens with one attached hydrogen (secondary N) is 1. The van der Waals surface area contributed by atoms with E-state index in [1.807, 2.05) is 78.9 Å². The van der Waals surface area contributed by atoms with Gasteiger partial charge in [-0.2, -0.15) is 0 Å². The SMILES string of the molecule is O=C(CN1CCC(c2nc3ccccc3o2)CC1)Nc1ccccc1Oc1ccccc1. The maximum Gasteiger partial charge on any atom is 0.238 e. The molecule has 5 rings (SSSR count). The molecule has 1 aromatic heterocycles. The van der Waals surface area contributed by atoms with Crippen molar-refractivity contribution in [3.8, 4) is 11.5 Å². The molecule has 1 saturated heterocycles. The number of anilines is 1. The summed E-state index contributed by atoms with van der Waals surface area (Å²) in [5.41, 5.74) is 2.41. The molecule has 0 radical (unpaired) electrons. The normalized spacial score (nSPS) is 15.0. The third-order valence-corrected chi connectivity index (χ3v) is 5.75. The Morgan fingerprint density at radius 1 is 0.969 bits per heavy atom. The Labute approximate surface area is 186 Å².